The maximum Gasteiger partial charge on any atom is 0.270 e. The predicted molar refractivity (Wildman–Crippen MR) is 89.6 cm³/mol. The van der Waals surface area contributed by atoms with Crippen LogP contribution in [0.1, 0.15) is 41.5 Å². The topological polar surface area (TPSA) is 52.3 Å². The predicted octanol–water partition coefficient (Wildman–Crippen LogP) is 2.24. The van der Waals surface area contributed by atoms with Crippen molar-refractivity contribution in [3.63, 3.8) is 0 Å². The second-order valence-corrected chi connectivity index (χ2v) is 6.92. The van der Waals surface area contributed by atoms with Gasteiger partial charge in [0.05, 0.1) is 18.3 Å². The summed E-state index contributed by atoms with van der Waals surface area (Å²) in [5.74, 6) is 0.867. The van der Waals surface area contributed by atoms with Crippen LogP contribution in [0.2, 0.25) is 0 Å². The van der Waals surface area contributed by atoms with E-state index in [1.54, 1.807) is 0 Å². The zero-order valence-electron chi connectivity index (χ0n) is 14.1. The van der Waals surface area contributed by atoms with E-state index in [9.17, 15) is 4.79 Å². The number of amides is 1. The highest BCUT2D eigenvalue weighted by Crippen LogP contribution is 2.29. The Balaban J connectivity index is 1.44. The van der Waals surface area contributed by atoms with Gasteiger partial charge in [0.2, 0.25) is 0 Å². The Morgan fingerprint density at radius 1 is 1.38 bits per heavy atom. The van der Waals surface area contributed by atoms with Gasteiger partial charge in [0.1, 0.15) is 5.69 Å². The molecule has 1 aliphatic carbocycles. The smallest absolute Gasteiger partial charge is 0.270 e. The van der Waals surface area contributed by atoms with Crippen molar-refractivity contribution in [1.29, 1.82) is 0 Å². The Morgan fingerprint density at radius 3 is 3.00 bits per heavy atom. The third-order valence-corrected chi connectivity index (χ3v) is 4.98. The van der Waals surface area contributed by atoms with Gasteiger partial charge in [0, 0.05) is 39.2 Å². The van der Waals surface area contributed by atoms with Crippen molar-refractivity contribution < 1.29 is 9.53 Å². The van der Waals surface area contributed by atoms with E-state index >= 15 is 0 Å². The fourth-order valence-electron chi connectivity index (χ4n) is 3.35. The lowest BCUT2D eigenvalue weighted by atomic mass is 10.1. The van der Waals surface area contributed by atoms with Gasteiger partial charge in [-0.1, -0.05) is 0 Å². The molecule has 0 radical (unpaired) electrons. The fourth-order valence-corrected chi connectivity index (χ4v) is 3.35. The number of hydrogen-bond acceptors (Lipinski definition) is 3. The highest BCUT2D eigenvalue weighted by Gasteiger charge is 2.30. The number of carbonyl (C=O) groups excluding carboxylic acids is 1. The van der Waals surface area contributed by atoms with Crippen molar-refractivity contribution in [2.45, 2.75) is 31.8 Å². The Morgan fingerprint density at radius 2 is 2.25 bits per heavy atom. The molecule has 3 heterocycles. The molecular weight excluding hydrogens is 304 g/mol. The number of fused-ring (bicyclic) bond motifs is 1. The quantitative estimate of drug-likeness (QED) is 0.764. The minimum Gasteiger partial charge on any atom is -0.381 e. The van der Waals surface area contributed by atoms with Crippen LogP contribution in [0.15, 0.2) is 30.6 Å². The summed E-state index contributed by atoms with van der Waals surface area (Å²) >= 11 is 0. The average Bonchev–Trinajstić information content (AvgIpc) is 3.10. The third kappa shape index (κ3) is 3.11. The summed E-state index contributed by atoms with van der Waals surface area (Å²) in [5, 5.41) is 4.46. The number of hydrogen-bond donors (Lipinski definition) is 0. The third-order valence-electron chi connectivity index (χ3n) is 4.98. The van der Waals surface area contributed by atoms with E-state index in [0.29, 0.717) is 13.1 Å². The molecule has 0 bridgehead atoms. The lowest BCUT2D eigenvalue weighted by Gasteiger charge is -2.34. The van der Waals surface area contributed by atoms with Gasteiger partial charge < -0.3 is 14.2 Å². The molecule has 1 aliphatic heterocycles. The van der Waals surface area contributed by atoms with Crippen LogP contribution in [-0.4, -0.2) is 44.9 Å². The molecular formula is C18H24N4O2. The lowest BCUT2D eigenvalue weighted by Crippen LogP contribution is -2.42. The molecule has 2 aromatic rings. The van der Waals surface area contributed by atoms with Crippen molar-refractivity contribution in [1.82, 2.24) is 19.2 Å². The zero-order chi connectivity index (χ0) is 16.5. The van der Waals surface area contributed by atoms with Crippen molar-refractivity contribution in [3.05, 3.63) is 42.0 Å². The lowest BCUT2D eigenvalue weighted by molar-refractivity contribution is 0.0602. The van der Waals surface area contributed by atoms with E-state index in [4.69, 9.17) is 4.74 Å². The maximum absolute atomic E-state index is 12.8. The number of aryl methyl sites for hydroxylation is 1. The molecule has 0 spiro atoms. The van der Waals surface area contributed by atoms with E-state index in [2.05, 4.69) is 9.78 Å². The van der Waals surface area contributed by atoms with Gasteiger partial charge in [-0.15, -0.1) is 0 Å². The number of rotatable bonds is 6. The molecule has 2 aromatic heterocycles. The Hall–Kier alpha value is -2.08. The number of aromatic nitrogens is 3. The van der Waals surface area contributed by atoms with Crippen molar-refractivity contribution in [2.75, 3.05) is 19.8 Å². The Bertz CT molecular complexity index is 716. The van der Waals surface area contributed by atoms with Gasteiger partial charge in [-0.3, -0.25) is 9.48 Å². The minimum atomic E-state index is 0.0823. The van der Waals surface area contributed by atoms with E-state index in [1.165, 1.54) is 12.8 Å². The maximum atomic E-state index is 12.8. The van der Waals surface area contributed by atoms with Crippen LogP contribution in [0.5, 0.6) is 0 Å². The highest BCUT2D eigenvalue weighted by atomic mass is 16.5. The average molecular weight is 328 g/mol. The summed E-state index contributed by atoms with van der Waals surface area (Å²) in [5.41, 5.74) is 1.82. The molecule has 0 unspecified atom stereocenters. The first-order valence-electron chi connectivity index (χ1n) is 8.73. The first-order chi connectivity index (χ1) is 11.7. The van der Waals surface area contributed by atoms with Gasteiger partial charge in [-0.05, 0) is 43.4 Å². The minimum absolute atomic E-state index is 0.0823. The summed E-state index contributed by atoms with van der Waals surface area (Å²) < 4.78 is 9.73. The van der Waals surface area contributed by atoms with Crippen LogP contribution in [0.4, 0.5) is 0 Å². The van der Waals surface area contributed by atoms with E-state index in [1.807, 2.05) is 47.1 Å². The summed E-state index contributed by atoms with van der Waals surface area (Å²) in [6, 6.07) is 5.97. The van der Waals surface area contributed by atoms with Crippen LogP contribution in [-0.2, 0) is 18.3 Å². The van der Waals surface area contributed by atoms with Crippen LogP contribution in [0, 0.1) is 5.92 Å². The standard InChI is InChI=1S/C18H24N4O2/c1-20-9-2-3-17(20)18(23)21-11-15-6-8-19-22(15)16(12-21)7-10-24-13-14-4-5-14/h2-3,6,8-9,14,16H,4-5,7,10-13H2,1H3/t16-/m1/s1. The number of carbonyl (C=O) groups is 1. The van der Waals surface area contributed by atoms with Crippen molar-refractivity contribution in [2.24, 2.45) is 13.0 Å². The molecule has 1 saturated carbocycles. The normalized spacial score (nSPS) is 20.2. The van der Waals surface area contributed by atoms with Crippen molar-refractivity contribution in [3.8, 4) is 0 Å². The van der Waals surface area contributed by atoms with Gasteiger partial charge in [-0.2, -0.15) is 5.10 Å². The summed E-state index contributed by atoms with van der Waals surface area (Å²) in [4.78, 5) is 14.8. The molecule has 0 N–H and O–H groups in total. The molecule has 4 rings (SSSR count). The van der Waals surface area contributed by atoms with E-state index < -0.39 is 0 Å². The molecule has 1 atom stereocenters. The first kappa shape index (κ1) is 15.4. The van der Waals surface area contributed by atoms with Crippen LogP contribution < -0.4 is 0 Å². The summed E-state index contributed by atoms with van der Waals surface area (Å²) in [7, 11) is 1.91. The van der Waals surface area contributed by atoms with Crippen LogP contribution in [0.25, 0.3) is 0 Å². The van der Waals surface area contributed by atoms with E-state index in [0.717, 1.165) is 36.9 Å². The van der Waals surface area contributed by atoms with Gasteiger partial charge in [0.25, 0.3) is 5.91 Å². The summed E-state index contributed by atoms with van der Waals surface area (Å²) in [6.45, 7) is 2.91. The molecule has 1 fully saturated rings. The number of nitrogens with zero attached hydrogens (tertiary/aromatic N) is 4. The summed E-state index contributed by atoms with van der Waals surface area (Å²) in [6.07, 6.45) is 7.24. The van der Waals surface area contributed by atoms with Gasteiger partial charge >= 0.3 is 0 Å². The molecule has 6 heteroatoms. The zero-order valence-corrected chi connectivity index (χ0v) is 14.1. The monoisotopic (exact) mass is 328 g/mol. The Kier molecular flexibility index (Phi) is 4.14. The molecule has 128 valence electrons. The molecule has 0 aromatic carbocycles. The molecule has 2 aliphatic rings. The molecule has 24 heavy (non-hydrogen) atoms. The fraction of sp³-hybridized carbons (Fsp3) is 0.556. The van der Waals surface area contributed by atoms with Crippen LogP contribution in [0.3, 0.4) is 0 Å². The van der Waals surface area contributed by atoms with Crippen LogP contribution >= 0.6 is 0 Å². The van der Waals surface area contributed by atoms with Crippen molar-refractivity contribution >= 4 is 5.91 Å². The molecule has 1 amide bonds. The molecule has 0 saturated heterocycles. The van der Waals surface area contributed by atoms with E-state index in [-0.39, 0.29) is 11.9 Å². The SMILES string of the molecule is Cn1cccc1C(=O)N1Cc2ccnn2[C@H](CCOCC2CC2)C1. The molecule has 6 nitrogen and oxygen atoms in total. The highest BCUT2D eigenvalue weighted by molar-refractivity contribution is 5.92. The Labute approximate surface area is 142 Å². The second kappa shape index (κ2) is 6.43. The first-order valence-corrected chi connectivity index (χ1v) is 8.73. The van der Waals surface area contributed by atoms with Gasteiger partial charge in [-0.25, -0.2) is 0 Å². The largest absolute Gasteiger partial charge is 0.381 e. The number of ether oxygens (including phenoxy) is 1. The second-order valence-electron chi connectivity index (χ2n) is 6.92. The van der Waals surface area contributed by atoms with Gasteiger partial charge in [0.15, 0.2) is 0 Å².